The Hall–Kier alpha value is -0.970. The van der Waals surface area contributed by atoms with Gasteiger partial charge in [0.2, 0.25) is 5.76 Å². The molecule has 1 saturated carbocycles. The van der Waals surface area contributed by atoms with E-state index in [0.717, 1.165) is 18.9 Å². The van der Waals surface area contributed by atoms with Gasteiger partial charge in [0.15, 0.2) is 0 Å². The Balaban J connectivity index is 2.08. The molecule has 0 atom stereocenters. The van der Waals surface area contributed by atoms with Gasteiger partial charge in [-0.3, -0.25) is 0 Å². The lowest BCUT2D eigenvalue weighted by Gasteiger charge is -2.08. The number of rotatable bonds is 3. The average molecular weight is 220 g/mol. The lowest BCUT2D eigenvalue weighted by molar-refractivity contribution is -0.153. The zero-order valence-electron chi connectivity index (χ0n) is 7.97. The molecule has 0 spiro atoms. The van der Waals surface area contributed by atoms with E-state index in [4.69, 9.17) is 5.11 Å². The molecule has 1 aromatic rings. The summed E-state index contributed by atoms with van der Waals surface area (Å²) in [4.78, 5) is 0. The van der Waals surface area contributed by atoms with Crippen molar-refractivity contribution in [2.45, 2.75) is 25.4 Å². The zero-order valence-corrected chi connectivity index (χ0v) is 7.97. The van der Waals surface area contributed by atoms with Gasteiger partial charge in [-0.25, -0.2) is 0 Å². The fourth-order valence-corrected chi connectivity index (χ4v) is 1.56. The number of alkyl halides is 3. The molecule has 1 heterocycles. The standard InChI is InChI=1S/C10H11F3O2/c11-10(12,13)8-2-1-7(15-8)5-9(6-14)3-4-9/h1-2,14H,3-6H2. The van der Waals surface area contributed by atoms with Crippen LogP contribution in [0.3, 0.4) is 0 Å². The van der Waals surface area contributed by atoms with Gasteiger partial charge in [-0.2, -0.15) is 13.2 Å². The summed E-state index contributed by atoms with van der Waals surface area (Å²) in [6.45, 7) is 0.00898. The summed E-state index contributed by atoms with van der Waals surface area (Å²) in [6, 6.07) is 2.27. The summed E-state index contributed by atoms with van der Waals surface area (Å²) in [5.41, 5.74) is -0.222. The van der Waals surface area contributed by atoms with Crippen LogP contribution in [0.5, 0.6) is 0 Å². The van der Waals surface area contributed by atoms with Gasteiger partial charge < -0.3 is 9.52 Å². The minimum Gasteiger partial charge on any atom is -0.456 e. The summed E-state index contributed by atoms with van der Waals surface area (Å²) in [6.07, 6.45) is -2.33. The molecule has 2 rings (SSSR count). The zero-order chi connectivity index (χ0) is 11.1. The molecule has 5 heteroatoms. The molecule has 2 nitrogen and oxygen atoms in total. The second-order valence-corrected chi connectivity index (χ2v) is 4.10. The molecule has 15 heavy (non-hydrogen) atoms. The average Bonchev–Trinajstić information content (AvgIpc) is 2.73. The van der Waals surface area contributed by atoms with Gasteiger partial charge in [0.25, 0.3) is 0 Å². The molecule has 0 radical (unpaired) electrons. The SMILES string of the molecule is OCC1(Cc2ccc(C(F)(F)F)o2)CC1. The van der Waals surface area contributed by atoms with E-state index in [-0.39, 0.29) is 12.0 Å². The molecular weight excluding hydrogens is 209 g/mol. The monoisotopic (exact) mass is 220 g/mol. The second kappa shape index (κ2) is 3.27. The Morgan fingerprint density at radius 3 is 2.40 bits per heavy atom. The van der Waals surface area contributed by atoms with Gasteiger partial charge >= 0.3 is 6.18 Å². The maximum Gasteiger partial charge on any atom is 0.449 e. The van der Waals surface area contributed by atoms with Gasteiger partial charge in [-0.1, -0.05) is 0 Å². The Morgan fingerprint density at radius 1 is 1.33 bits per heavy atom. The molecule has 0 amide bonds. The van der Waals surface area contributed by atoms with Crippen LogP contribution in [-0.4, -0.2) is 11.7 Å². The molecular formula is C10H11F3O2. The molecule has 0 unspecified atom stereocenters. The third-order valence-corrected chi connectivity index (χ3v) is 2.78. The first-order chi connectivity index (χ1) is 6.95. The highest BCUT2D eigenvalue weighted by Gasteiger charge is 2.43. The minimum absolute atomic E-state index is 0.00898. The molecule has 1 aliphatic rings. The second-order valence-electron chi connectivity index (χ2n) is 4.10. The number of furan rings is 1. The third-order valence-electron chi connectivity index (χ3n) is 2.78. The maximum absolute atomic E-state index is 12.2. The number of hydrogen-bond donors (Lipinski definition) is 1. The Morgan fingerprint density at radius 2 is 2.00 bits per heavy atom. The van der Waals surface area contributed by atoms with Gasteiger partial charge in [0.1, 0.15) is 5.76 Å². The van der Waals surface area contributed by atoms with Crippen molar-refractivity contribution in [3.63, 3.8) is 0 Å². The van der Waals surface area contributed by atoms with Crippen LogP contribution < -0.4 is 0 Å². The lowest BCUT2D eigenvalue weighted by Crippen LogP contribution is -2.09. The molecule has 0 aliphatic heterocycles. The van der Waals surface area contributed by atoms with E-state index in [1.807, 2.05) is 0 Å². The van der Waals surface area contributed by atoms with Crippen LogP contribution in [0.4, 0.5) is 13.2 Å². The molecule has 0 aromatic carbocycles. The van der Waals surface area contributed by atoms with Crippen molar-refractivity contribution in [3.05, 3.63) is 23.7 Å². The largest absolute Gasteiger partial charge is 0.456 e. The van der Waals surface area contributed by atoms with Crippen LogP contribution in [0.25, 0.3) is 0 Å². The minimum atomic E-state index is -4.42. The van der Waals surface area contributed by atoms with Crippen molar-refractivity contribution in [1.82, 2.24) is 0 Å². The highest BCUT2D eigenvalue weighted by molar-refractivity contribution is 5.13. The Kier molecular flexibility index (Phi) is 2.30. The highest BCUT2D eigenvalue weighted by atomic mass is 19.4. The fraction of sp³-hybridized carbons (Fsp3) is 0.600. The molecule has 1 aliphatic carbocycles. The number of halogens is 3. The van der Waals surface area contributed by atoms with Crippen molar-refractivity contribution >= 4 is 0 Å². The van der Waals surface area contributed by atoms with E-state index in [1.54, 1.807) is 0 Å². The van der Waals surface area contributed by atoms with E-state index in [0.29, 0.717) is 12.2 Å². The first-order valence-electron chi connectivity index (χ1n) is 4.72. The van der Waals surface area contributed by atoms with E-state index in [1.165, 1.54) is 6.07 Å². The summed E-state index contributed by atoms with van der Waals surface area (Å²) in [5, 5.41) is 9.02. The molecule has 1 N–H and O–H groups in total. The fourth-order valence-electron chi connectivity index (χ4n) is 1.56. The first kappa shape index (κ1) is 10.5. The normalized spacial score (nSPS) is 19.2. The van der Waals surface area contributed by atoms with Crippen molar-refractivity contribution in [2.24, 2.45) is 5.41 Å². The van der Waals surface area contributed by atoms with Crippen LogP contribution in [0, 0.1) is 5.41 Å². The van der Waals surface area contributed by atoms with Crippen molar-refractivity contribution in [1.29, 1.82) is 0 Å². The maximum atomic E-state index is 12.2. The Labute approximate surface area is 84.7 Å². The topological polar surface area (TPSA) is 33.4 Å². The van der Waals surface area contributed by atoms with Crippen molar-refractivity contribution < 1.29 is 22.7 Å². The van der Waals surface area contributed by atoms with Crippen molar-refractivity contribution in [3.8, 4) is 0 Å². The first-order valence-corrected chi connectivity index (χ1v) is 4.72. The summed E-state index contributed by atoms with van der Waals surface area (Å²) in [5.74, 6) is -0.667. The molecule has 1 aromatic heterocycles. The van der Waals surface area contributed by atoms with Crippen LogP contribution in [0.2, 0.25) is 0 Å². The van der Waals surface area contributed by atoms with Gasteiger partial charge in [0, 0.05) is 18.4 Å². The molecule has 84 valence electrons. The van der Waals surface area contributed by atoms with Gasteiger partial charge in [-0.05, 0) is 25.0 Å². The van der Waals surface area contributed by atoms with Crippen LogP contribution in [-0.2, 0) is 12.6 Å². The van der Waals surface area contributed by atoms with Gasteiger partial charge in [0.05, 0.1) is 0 Å². The summed E-state index contributed by atoms with van der Waals surface area (Å²) < 4.78 is 41.3. The van der Waals surface area contributed by atoms with E-state index < -0.39 is 11.9 Å². The Bertz CT molecular complexity index is 350. The molecule has 1 fully saturated rings. The van der Waals surface area contributed by atoms with Crippen molar-refractivity contribution in [2.75, 3.05) is 6.61 Å². The molecule has 0 saturated heterocycles. The predicted octanol–water partition coefficient (Wildman–Crippen LogP) is 2.61. The quantitative estimate of drug-likeness (QED) is 0.849. The predicted molar refractivity (Wildman–Crippen MR) is 46.2 cm³/mol. The molecule has 0 bridgehead atoms. The summed E-state index contributed by atoms with van der Waals surface area (Å²) >= 11 is 0. The van der Waals surface area contributed by atoms with E-state index in [2.05, 4.69) is 4.42 Å². The number of aliphatic hydroxyl groups is 1. The smallest absolute Gasteiger partial charge is 0.449 e. The number of aliphatic hydroxyl groups excluding tert-OH is 1. The third kappa shape index (κ3) is 2.17. The van der Waals surface area contributed by atoms with E-state index >= 15 is 0 Å². The van der Waals surface area contributed by atoms with Gasteiger partial charge in [-0.15, -0.1) is 0 Å². The number of hydrogen-bond acceptors (Lipinski definition) is 2. The lowest BCUT2D eigenvalue weighted by atomic mass is 10.0. The van der Waals surface area contributed by atoms with Crippen LogP contribution >= 0.6 is 0 Å². The van der Waals surface area contributed by atoms with Crippen LogP contribution in [0.1, 0.15) is 24.4 Å². The highest BCUT2D eigenvalue weighted by Crippen LogP contribution is 2.48. The van der Waals surface area contributed by atoms with E-state index in [9.17, 15) is 13.2 Å². The van der Waals surface area contributed by atoms with Crippen LogP contribution in [0.15, 0.2) is 16.5 Å². The summed E-state index contributed by atoms with van der Waals surface area (Å²) in [7, 11) is 0.